The number of cyclic esters (lactones) is 1. The first kappa shape index (κ1) is 40.5. The molecule has 0 amide bonds. The van der Waals surface area contributed by atoms with Gasteiger partial charge in [-0.15, -0.1) is 0 Å². The number of hydrogen-bond acceptors (Lipinski definition) is 12. The molecule has 13 nitrogen and oxygen atoms in total. The molecule has 10 atom stereocenters. The molecule has 276 valence electrons. The van der Waals surface area contributed by atoms with Gasteiger partial charge in [0.25, 0.3) is 0 Å². The van der Waals surface area contributed by atoms with Crippen molar-refractivity contribution in [2.24, 2.45) is 17.3 Å². The second-order valence-electron chi connectivity index (χ2n) is 14.7. The summed E-state index contributed by atoms with van der Waals surface area (Å²) in [6, 6.07) is -0.0278. The Hall–Kier alpha value is -2.97. The molecule has 13 heteroatoms. The van der Waals surface area contributed by atoms with Crippen LogP contribution in [0.4, 0.5) is 4.79 Å². The lowest BCUT2D eigenvalue weighted by molar-refractivity contribution is -0.282. The van der Waals surface area contributed by atoms with Crippen molar-refractivity contribution in [3.63, 3.8) is 0 Å². The maximum Gasteiger partial charge on any atom is 0.420 e. The normalized spacial score (nSPS) is 37.6. The lowest BCUT2D eigenvalue weighted by Crippen LogP contribution is -2.57. The molecule has 2 aliphatic heterocycles. The van der Waals surface area contributed by atoms with Gasteiger partial charge in [0.2, 0.25) is 0 Å². The van der Waals surface area contributed by atoms with Gasteiger partial charge in [0, 0.05) is 50.9 Å². The molecule has 49 heavy (non-hydrogen) atoms. The molecule has 0 spiro atoms. The highest BCUT2D eigenvalue weighted by atomic mass is 16.7. The molecule has 3 heterocycles. The Morgan fingerprint density at radius 1 is 1.10 bits per heavy atom. The number of methoxy groups -OCH3 is 2. The van der Waals surface area contributed by atoms with E-state index < -0.39 is 70.9 Å². The molecule has 0 N–H and O–H groups in total. The Balaban J connectivity index is 2.16. The van der Waals surface area contributed by atoms with Crippen LogP contribution >= 0.6 is 0 Å². The maximum atomic E-state index is 14.4. The van der Waals surface area contributed by atoms with Crippen LogP contribution in [0.5, 0.6) is 0 Å². The maximum absolute atomic E-state index is 14.4. The molecule has 0 aromatic carbocycles. The van der Waals surface area contributed by atoms with E-state index in [9.17, 15) is 19.2 Å². The predicted octanol–water partition coefficient (Wildman–Crippen LogP) is 4.61. The Labute approximate surface area is 290 Å². The van der Waals surface area contributed by atoms with Gasteiger partial charge in [-0.1, -0.05) is 20.8 Å². The molecular weight excluding hydrogens is 634 g/mol. The van der Waals surface area contributed by atoms with E-state index in [-0.39, 0.29) is 36.3 Å². The molecule has 0 bridgehead atoms. The minimum atomic E-state index is -1.63. The third-order valence-corrected chi connectivity index (χ3v) is 10.5. The summed E-state index contributed by atoms with van der Waals surface area (Å²) in [6.07, 6.45) is 2.48. The topological polar surface area (TPSA) is 145 Å². The summed E-state index contributed by atoms with van der Waals surface area (Å²) in [5.41, 5.74) is -4.09. The van der Waals surface area contributed by atoms with Crippen molar-refractivity contribution >= 4 is 23.6 Å². The number of allylic oxidation sites excluding steroid dienone is 1. The van der Waals surface area contributed by atoms with Gasteiger partial charge >= 0.3 is 12.1 Å². The number of rotatable bonds is 7. The average molecular weight is 692 g/mol. The number of hydrogen-bond donors (Lipinski definition) is 0. The highest BCUT2D eigenvalue weighted by molar-refractivity contribution is 6.04. The first-order chi connectivity index (χ1) is 22.8. The minimum absolute atomic E-state index is 0.0278. The number of imidazole rings is 1. The van der Waals surface area contributed by atoms with Gasteiger partial charge in [-0.3, -0.25) is 14.4 Å². The molecule has 2 aliphatic rings. The quantitative estimate of drug-likeness (QED) is 0.291. The van der Waals surface area contributed by atoms with Gasteiger partial charge in [0.1, 0.15) is 24.0 Å². The number of aromatic nitrogens is 2. The Morgan fingerprint density at radius 2 is 1.76 bits per heavy atom. The molecule has 3 unspecified atom stereocenters. The number of ketones is 2. The third-order valence-electron chi connectivity index (χ3n) is 10.5. The van der Waals surface area contributed by atoms with Crippen LogP contribution in [0.2, 0.25) is 0 Å². The van der Waals surface area contributed by atoms with Crippen molar-refractivity contribution in [1.29, 1.82) is 0 Å². The fourth-order valence-electron chi connectivity index (χ4n) is 6.89. The van der Waals surface area contributed by atoms with E-state index in [1.165, 1.54) is 45.8 Å². The second kappa shape index (κ2) is 15.9. The predicted molar refractivity (Wildman–Crippen MR) is 181 cm³/mol. The van der Waals surface area contributed by atoms with Crippen LogP contribution < -0.4 is 0 Å². The van der Waals surface area contributed by atoms with Crippen LogP contribution in [0.3, 0.4) is 0 Å². The number of likely N-dealkylation sites (N-methyl/N-ethyl adjacent to an activating group) is 1. The zero-order valence-electron chi connectivity index (χ0n) is 31.5. The molecule has 0 radical (unpaired) electrons. The number of esters is 1. The highest BCUT2D eigenvalue weighted by Gasteiger charge is 2.51. The third kappa shape index (κ3) is 8.68. The van der Waals surface area contributed by atoms with Crippen molar-refractivity contribution in [3.8, 4) is 0 Å². The molecule has 0 aliphatic carbocycles. The molecule has 1 aromatic heterocycles. The van der Waals surface area contributed by atoms with Gasteiger partial charge in [-0.25, -0.2) is 14.3 Å². The van der Waals surface area contributed by atoms with Gasteiger partial charge in [-0.2, -0.15) is 0 Å². The van der Waals surface area contributed by atoms with E-state index in [0.717, 1.165) is 4.57 Å². The lowest BCUT2D eigenvalue weighted by atomic mass is 9.74. The van der Waals surface area contributed by atoms with Crippen LogP contribution in [0.25, 0.3) is 0 Å². The van der Waals surface area contributed by atoms with Gasteiger partial charge in [-0.05, 0) is 80.1 Å². The molecule has 1 fully saturated rings. The molecule has 0 saturated carbocycles. The SMILES string of the molecule is CC[C@H]1OC(=O)C(C)(C)C(=O)[C@H](C)[C@@H](OC2OC(C)CC(N(C)C)[C@H]2OC)C[C@](C)(OC)[C@@H](C)C(=O)/C(C)=C/[C@]1(C)OC(=O)n1ccnc1. The molecule has 3 rings (SSSR count). The van der Waals surface area contributed by atoms with Crippen molar-refractivity contribution in [2.45, 2.75) is 130 Å². The van der Waals surface area contributed by atoms with Gasteiger partial charge < -0.3 is 33.3 Å². The fourth-order valence-corrected chi connectivity index (χ4v) is 6.89. The molecular formula is C36H57N3O10. The van der Waals surface area contributed by atoms with Crippen LogP contribution in [0.15, 0.2) is 30.4 Å². The smallest absolute Gasteiger partial charge is 0.420 e. The van der Waals surface area contributed by atoms with E-state index in [0.29, 0.717) is 6.42 Å². The van der Waals surface area contributed by atoms with Gasteiger partial charge in [0.05, 0.1) is 17.8 Å². The zero-order valence-corrected chi connectivity index (χ0v) is 31.5. The minimum Gasteiger partial charge on any atom is -0.457 e. The summed E-state index contributed by atoms with van der Waals surface area (Å²) >= 11 is 0. The van der Waals surface area contributed by atoms with E-state index in [1.54, 1.807) is 48.7 Å². The average Bonchev–Trinajstić information content (AvgIpc) is 3.60. The second-order valence-corrected chi connectivity index (χ2v) is 14.7. The Bertz CT molecular complexity index is 1360. The number of nitrogens with zero attached hydrogens (tertiary/aromatic N) is 3. The molecule has 1 aromatic rings. The zero-order chi connectivity index (χ0) is 37.1. The summed E-state index contributed by atoms with van der Waals surface area (Å²) in [7, 11) is 7.04. The van der Waals surface area contributed by atoms with E-state index in [2.05, 4.69) is 9.88 Å². The Morgan fingerprint density at radius 3 is 2.29 bits per heavy atom. The largest absolute Gasteiger partial charge is 0.457 e. The highest BCUT2D eigenvalue weighted by Crippen LogP contribution is 2.39. The van der Waals surface area contributed by atoms with E-state index in [4.69, 9.17) is 28.4 Å². The van der Waals surface area contributed by atoms with Crippen LogP contribution in [-0.2, 0) is 42.8 Å². The van der Waals surface area contributed by atoms with E-state index >= 15 is 0 Å². The monoisotopic (exact) mass is 691 g/mol. The summed E-state index contributed by atoms with van der Waals surface area (Å²) in [4.78, 5) is 61.7. The number of carbonyl (C=O) groups excluding carboxylic acids is 4. The first-order valence-electron chi connectivity index (χ1n) is 17.0. The standard InChI is InChI=1S/C36H57N3O10/c1-14-27-36(9,49-33(43)39-16-15-37-20-39)18-21(2)28(40)24(5)35(8,45-13)19-26(23(4)30(41)34(6,7)32(42)48-27)47-31-29(44-12)25(38(10)11)17-22(3)46-31/h15-16,18,20,22-27,29,31H,14,17,19H2,1-13H3/b21-18+/t22?,23-,24+,25?,26+,27-,29-,31?,35+,36+/m1/s1. The van der Waals surface area contributed by atoms with Crippen molar-refractivity contribution in [3.05, 3.63) is 30.4 Å². The number of ether oxygens (including phenoxy) is 6. The summed E-state index contributed by atoms with van der Waals surface area (Å²) < 4.78 is 38.1. The lowest BCUT2D eigenvalue weighted by Gasteiger charge is -2.46. The summed E-state index contributed by atoms with van der Waals surface area (Å²) in [5, 5.41) is 0. The van der Waals surface area contributed by atoms with Crippen LogP contribution in [0.1, 0.15) is 81.6 Å². The number of carbonyl (C=O) groups is 4. The first-order valence-corrected chi connectivity index (χ1v) is 17.0. The van der Waals surface area contributed by atoms with Crippen molar-refractivity contribution in [2.75, 3.05) is 28.3 Å². The van der Waals surface area contributed by atoms with Crippen LogP contribution in [-0.4, -0.2) is 114 Å². The van der Waals surface area contributed by atoms with Crippen molar-refractivity contribution < 1.29 is 47.6 Å². The molecule has 1 saturated heterocycles. The van der Waals surface area contributed by atoms with Crippen molar-refractivity contribution in [1.82, 2.24) is 14.5 Å². The van der Waals surface area contributed by atoms with Crippen LogP contribution in [0, 0.1) is 17.3 Å². The number of Topliss-reactive ketones (excluding diaryl/α,β-unsaturated/α-hetero) is 2. The fraction of sp³-hybridized carbons (Fsp3) is 0.750. The Kier molecular flexibility index (Phi) is 13.2. The van der Waals surface area contributed by atoms with E-state index in [1.807, 2.05) is 21.0 Å². The summed E-state index contributed by atoms with van der Waals surface area (Å²) in [6.45, 7) is 15.2. The van der Waals surface area contributed by atoms with Gasteiger partial charge in [0.15, 0.2) is 23.5 Å². The summed E-state index contributed by atoms with van der Waals surface area (Å²) in [5.74, 6) is -3.14.